The maximum Gasteiger partial charge on any atom is 0.236 e. The molecule has 8 nitrogen and oxygen atoms in total. The van der Waals surface area contributed by atoms with Crippen LogP contribution in [0.3, 0.4) is 0 Å². The van der Waals surface area contributed by atoms with E-state index < -0.39 is 0 Å². The molecule has 0 unspecified atom stereocenters. The Morgan fingerprint density at radius 1 is 0.769 bits per heavy atom. The zero-order valence-corrected chi connectivity index (χ0v) is 15.6. The standard InChI is InChI=1S/C18H32N4O4/c23-17(13-19-11-15-3-1-9-25-15)21-5-7-22(8-6-21)18(24)14-20-12-16-4-2-10-26-16/h15-16,19-20H,1-14H2/t15-,16-/m0/s1. The molecule has 26 heavy (non-hydrogen) atoms. The van der Waals surface area contributed by atoms with Crippen LogP contribution in [0.15, 0.2) is 0 Å². The summed E-state index contributed by atoms with van der Waals surface area (Å²) in [7, 11) is 0. The highest BCUT2D eigenvalue weighted by Gasteiger charge is 2.24. The maximum atomic E-state index is 12.3. The van der Waals surface area contributed by atoms with Crippen LogP contribution in [0.25, 0.3) is 0 Å². The molecule has 3 aliphatic rings. The van der Waals surface area contributed by atoms with Gasteiger partial charge in [-0.2, -0.15) is 0 Å². The molecule has 0 radical (unpaired) electrons. The average Bonchev–Trinajstić information content (AvgIpc) is 3.36. The van der Waals surface area contributed by atoms with Gasteiger partial charge in [-0.15, -0.1) is 0 Å². The lowest BCUT2D eigenvalue weighted by atomic mass is 10.2. The smallest absolute Gasteiger partial charge is 0.236 e. The van der Waals surface area contributed by atoms with Crippen molar-refractivity contribution in [2.24, 2.45) is 0 Å². The Morgan fingerprint density at radius 3 is 1.54 bits per heavy atom. The number of carbonyl (C=O) groups excluding carboxylic acids is 2. The van der Waals surface area contributed by atoms with Crippen molar-refractivity contribution in [1.82, 2.24) is 20.4 Å². The Morgan fingerprint density at radius 2 is 1.19 bits per heavy atom. The number of nitrogens with one attached hydrogen (secondary N) is 2. The Hall–Kier alpha value is -1.22. The first-order chi connectivity index (χ1) is 12.7. The summed E-state index contributed by atoms with van der Waals surface area (Å²) in [5.41, 5.74) is 0. The SMILES string of the molecule is O=C(CNC[C@@H]1CCCO1)N1CCN(C(=O)CNC[C@@H]2CCCO2)CC1. The minimum atomic E-state index is 0.103. The fourth-order valence-electron chi connectivity index (χ4n) is 3.72. The summed E-state index contributed by atoms with van der Waals surface area (Å²) in [6.07, 6.45) is 4.86. The third-order valence-electron chi connectivity index (χ3n) is 5.33. The number of hydrogen-bond acceptors (Lipinski definition) is 6. The summed E-state index contributed by atoms with van der Waals surface area (Å²) in [5, 5.41) is 6.39. The van der Waals surface area contributed by atoms with Gasteiger partial charge in [-0.25, -0.2) is 0 Å². The number of ether oxygens (including phenoxy) is 2. The third-order valence-corrected chi connectivity index (χ3v) is 5.33. The van der Waals surface area contributed by atoms with Gasteiger partial charge in [0.15, 0.2) is 0 Å². The van der Waals surface area contributed by atoms with Gasteiger partial charge < -0.3 is 29.9 Å². The van der Waals surface area contributed by atoms with E-state index in [2.05, 4.69) is 10.6 Å². The maximum absolute atomic E-state index is 12.3. The number of hydrogen-bond donors (Lipinski definition) is 2. The number of amides is 2. The lowest BCUT2D eigenvalue weighted by molar-refractivity contribution is -0.138. The Balaban J connectivity index is 1.26. The summed E-state index contributed by atoms with van der Waals surface area (Å²) >= 11 is 0. The lowest BCUT2D eigenvalue weighted by Gasteiger charge is -2.35. The first-order valence-corrected chi connectivity index (χ1v) is 9.92. The first kappa shape index (κ1) is 19.5. The van der Waals surface area contributed by atoms with Gasteiger partial charge in [0.25, 0.3) is 0 Å². The molecule has 3 rings (SSSR count). The van der Waals surface area contributed by atoms with Crippen LogP contribution in [0.5, 0.6) is 0 Å². The van der Waals surface area contributed by atoms with Crippen molar-refractivity contribution in [3.63, 3.8) is 0 Å². The van der Waals surface area contributed by atoms with Crippen molar-refractivity contribution in [3.05, 3.63) is 0 Å². The number of nitrogens with zero attached hydrogens (tertiary/aromatic N) is 2. The molecule has 3 aliphatic heterocycles. The highest BCUT2D eigenvalue weighted by molar-refractivity contribution is 5.80. The van der Waals surface area contributed by atoms with E-state index in [-0.39, 0.29) is 24.0 Å². The van der Waals surface area contributed by atoms with E-state index >= 15 is 0 Å². The number of rotatable bonds is 8. The van der Waals surface area contributed by atoms with Gasteiger partial charge in [-0.1, -0.05) is 0 Å². The van der Waals surface area contributed by atoms with Gasteiger partial charge >= 0.3 is 0 Å². The average molecular weight is 368 g/mol. The monoisotopic (exact) mass is 368 g/mol. The first-order valence-electron chi connectivity index (χ1n) is 9.92. The van der Waals surface area contributed by atoms with E-state index in [1.165, 1.54) is 0 Å². The second kappa shape index (κ2) is 10.2. The van der Waals surface area contributed by atoms with Crippen molar-refractivity contribution in [1.29, 1.82) is 0 Å². The predicted octanol–water partition coefficient (Wildman–Crippen LogP) is -0.806. The van der Waals surface area contributed by atoms with Crippen molar-refractivity contribution in [3.8, 4) is 0 Å². The van der Waals surface area contributed by atoms with E-state index in [1.807, 2.05) is 9.80 Å². The second-order valence-corrected chi connectivity index (χ2v) is 7.29. The molecule has 2 amide bonds. The number of piperazine rings is 1. The Kier molecular flexibility index (Phi) is 7.67. The molecule has 0 aromatic heterocycles. The molecule has 3 saturated heterocycles. The van der Waals surface area contributed by atoms with Crippen LogP contribution in [0, 0.1) is 0 Å². The molecule has 2 atom stereocenters. The van der Waals surface area contributed by atoms with E-state index in [0.29, 0.717) is 39.3 Å². The number of carbonyl (C=O) groups is 2. The van der Waals surface area contributed by atoms with Crippen molar-refractivity contribution in [2.45, 2.75) is 37.9 Å². The summed E-state index contributed by atoms with van der Waals surface area (Å²) in [5.74, 6) is 0.207. The van der Waals surface area contributed by atoms with Gasteiger partial charge in [-0.3, -0.25) is 9.59 Å². The van der Waals surface area contributed by atoms with E-state index in [4.69, 9.17) is 9.47 Å². The molecule has 0 saturated carbocycles. The molecule has 0 bridgehead atoms. The largest absolute Gasteiger partial charge is 0.377 e. The molecular formula is C18H32N4O4. The van der Waals surface area contributed by atoms with Crippen molar-refractivity contribution >= 4 is 11.8 Å². The predicted molar refractivity (Wildman–Crippen MR) is 96.8 cm³/mol. The van der Waals surface area contributed by atoms with Crippen molar-refractivity contribution < 1.29 is 19.1 Å². The molecular weight excluding hydrogens is 336 g/mol. The normalized spacial score (nSPS) is 26.5. The molecule has 2 N–H and O–H groups in total. The highest BCUT2D eigenvalue weighted by atomic mass is 16.5. The fraction of sp³-hybridized carbons (Fsp3) is 0.889. The van der Waals surface area contributed by atoms with Gasteiger partial charge in [0.1, 0.15) is 0 Å². The van der Waals surface area contributed by atoms with Crippen LogP contribution in [0.2, 0.25) is 0 Å². The van der Waals surface area contributed by atoms with Crippen LogP contribution >= 0.6 is 0 Å². The molecule has 0 aromatic rings. The molecule has 8 heteroatoms. The zero-order chi connectivity index (χ0) is 18.2. The van der Waals surface area contributed by atoms with Crippen LogP contribution in [-0.2, 0) is 19.1 Å². The minimum absolute atomic E-state index is 0.103. The van der Waals surface area contributed by atoms with Crippen LogP contribution < -0.4 is 10.6 Å². The fourth-order valence-corrected chi connectivity index (χ4v) is 3.72. The minimum Gasteiger partial charge on any atom is -0.377 e. The quantitative estimate of drug-likeness (QED) is 0.583. The third kappa shape index (κ3) is 5.90. The molecule has 0 aromatic carbocycles. The second-order valence-electron chi connectivity index (χ2n) is 7.29. The summed E-state index contributed by atoms with van der Waals surface area (Å²) in [6.45, 7) is 6.26. The van der Waals surface area contributed by atoms with Crippen LogP contribution in [0.1, 0.15) is 25.7 Å². The van der Waals surface area contributed by atoms with E-state index in [0.717, 1.165) is 52.0 Å². The highest BCUT2D eigenvalue weighted by Crippen LogP contribution is 2.11. The zero-order valence-electron chi connectivity index (χ0n) is 15.6. The summed E-state index contributed by atoms with van der Waals surface area (Å²) in [6, 6.07) is 0. The molecule has 3 heterocycles. The molecule has 3 fully saturated rings. The summed E-state index contributed by atoms with van der Waals surface area (Å²) < 4.78 is 11.1. The molecule has 148 valence electrons. The van der Waals surface area contributed by atoms with E-state index in [9.17, 15) is 9.59 Å². The van der Waals surface area contributed by atoms with E-state index in [1.54, 1.807) is 0 Å². The Bertz CT molecular complexity index is 414. The lowest BCUT2D eigenvalue weighted by Crippen LogP contribution is -2.54. The van der Waals surface area contributed by atoms with Gasteiger partial charge in [-0.05, 0) is 25.7 Å². The van der Waals surface area contributed by atoms with Gasteiger partial charge in [0, 0.05) is 52.5 Å². The van der Waals surface area contributed by atoms with Crippen LogP contribution in [0.4, 0.5) is 0 Å². The Labute approximate surface area is 155 Å². The van der Waals surface area contributed by atoms with Crippen molar-refractivity contribution in [2.75, 3.05) is 65.6 Å². The van der Waals surface area contributed by atoms with Gasteiger partial charge in [0.05, 0.1) is 25.3 Å². The molecule has 0 aliphatic carbocycles. The topological polar surface area (TPSA) is 83.1 Å². The molecule has 0 spiro atoms. The van der Waals surface area contributed by atoms with Gasteiger partial charge in [0.2, 0.25) is 11.8 Å². The summed E-state index contributed by atoms with van der Waals surface area (Å²) in [4.78, 5) is 28.2. The van der Waals surface area contributed by atoms with Crippen LogP contribution in [-0.4, -0.2) is 99.4 Å².